The van der Waals surface area contributed by atoms with Gasteiger partial charge in [0.2, 0.25) is 11.8 Å². The van der Waals surface area contributed by atoms with Gasteiger partial charge in [-0.2, -0.15) is 0 Å². The van der Waals surface area contributed by atoms with Crippen LogP contribution < -0.4 is 15.0 Å². The molecule has 2 bridgehead atoms. The van der Waals surface area contributed by atoms with Crippen molar-refractivity contribution in [2.45, 2.75) is 38.0 Å². The van der Waals surface area contributed by atoms with Gasteiger partial charge in [0, 0.05) is 6.07 Å². The molecule has 2 amide bonds. The summed E-state index contributed by atoms with van der Waals surface area (Å²) in [6.45, 7) is 4.12. The van der Waals surface area contributed by atoms with Gasteiger partial charge in [0.25, 0.3) is 0 Å². The fourth-order valence-electron chi connectivity index (χ4n) is 5.00. The summed E-state index contributed by atoms with van der Waals surface area (Å²) in [5, 5.41) is 7.12. The van der Waals surface area contributed by atoms with E-state index >= 15 is 0 Å². The van der Waals surface area contributed by atoms with Gasteiger partial charge in [-0.25, -0.2) is 0 Å². The summed E-state index contributed by atoms with van der Waals surface area (Å²) < 4.78 is 16.5. The quantitative estimate of drug-likeness (QED) is 0.718. The van der Waals surface area contributed by atoms with Crippen LogP contribution in [0.15, 0.2) is 47.0 Å². The third kappa shape index (κ3) is 3.05. The van der Waals surface area contributed by atoms with Crippen molar-refractivity contribution in [2.24, 2.45) is 11.8 Å². The van der Waals surface area contributed by atoms with Gasteiger partial charge in [-0.15, -0.1) is 0 Å². The van der Waals surface area contributed by atoms with E-state index in [1.807, 2.05) is 43.3 Å². The number of methoxy groups -OCH3 is 1. The number of amides is 2. The van der Waals surface area contributed by atoms with Crippen molar-refractivity contribution >= 4 is 17.6 Å². The molecule has 1 spiro atoms. The number of aromatic nitrogens is 1. The van der Waals surface area contributed by atoms with Gasteiger partial charge in [0.05, 0.1) is 37.6 Å². The minimum atomic E-state index is -0.793. The zero-order chi connectivity index (χ0) is 21.8. The summed E-state index contributed by atoms with van der Waals surface area (Å²) >= 11 is 0. The number of carbonyl (C=O) groups excluding carboxylic acids is 2. The molecule has 8 nitrogen and oxygen atoms in total. The maximum Gasteiger partial charge on any atom is 0.235 e. The lowest BCUT2D eigenvalue weighted by Crippen LogP contribution is -2.45. The van der Waals surface area contributed by atoms with E-state index in [0.717, 1.165) is 17.7 Å². The lowest BCUT2D eigenvalue weighted by atomic mass is 9.76. The number of anilines is 1. The number of nitrogens with one attached hydrogen (secondary N) is 1. The number of hydrogen-bond donors (Lipinski definition) is 1. The van der Waals surface area contributed by atoms with Crippen molar-refractivity contribution in [1.29, 1.82) is 0 Å². The molecule has 5 atom stereocenters. The van der Waals surface area contributed by atoms with E-state index in [2.05, 4.69) is 10.5 Å². The minimum Gasteiger partial charge on any atom is -0.497 e. The number of aryl methyl sites for hydroxylation is 1. The predicted octanol–water partition coefficient (Wildman–Crippen LogP) is 2.55. The second kappa shape index (κ2) is 7.23. The molecule has 0 radical (unpaired) electrons. The Morgan fingerprint density at radius 1 is 1.39 bits per heavy atom. The monoisotopic (exact) mass is 423 g/mol. The van der Waals surface area contributed by atoms with Crippen LogP contribution in [0.3, 0.4) is 0 Å². The molecule has 1 N–H and O–H groups in total. The van der Waals surface area contributed by atoms with Crippen LogP contribution in [0.25, 0.3) is 0 Å². The number of fused-ring (bicyclic) bond motifs is 1. The topological polar surface area (TPSA) is 93.9 Å². The third-order valence-electron chi connectivity index (χ3n) is 6.54. The van der Waals surface area contributed by atoms with Gasteiger partial charge < -0.3 is 19.3 Å². The second-order valence-corrected chi connectivity index (χ2v) is 8.36. The van der Waals surface area contributed by atoms with Crippen LogP contribution in [0.4, 0.5) is 5.82 Å². The molecule has 1 aromatic carbocycles. The molecule has 5 rings (SSSR count). The van der Waals surface area contributed by atoms with E-state index in [-0.39, 0.29) is 17.9 Å². The van der Waals surface area contributed by atoms with Crippen LogP contribution in [0.2, 0.25) is 0 Å². The molecule has 2 saturated heterocycles. The molecule has 0 unspecified atom stereocenters. The summed E-state index contributed by atoms with van der Waals surface area (Å²) in [6.07, 6.45) is 4.15. The Morgan fingerprint density at radius 3 is 2.81 bits per heavy atom. The maximum absolute atomic E-state index is 13.4. The van der Waals surface area contributed by atoms with E-state index in [1.165, 1.54) is 0 Å². The normalized spacial score (nSPS) is 29.3. The lowest BCUT2D eigenvalue weighted by molar-refractivity contribution is -0.132. The first-order valence-corrected chi connectivity index (χ1v) is 10.5. The van der Waals surface area contributed by atoms with Crippen LogP contribution in [0.5, 0.6) is 5.75 Å². The first-order valence-electron chi connectivity index (χ1n) is 10.5. The van der Waals surface area contributed by atoms with Crippen molar-refractivity contribution in [3.05, 3.63) is 53.8 Å². The highest BCUT2D eigenvalue weighted by atomic mass is 16.5. The number of benzene rings is 1. The fraction of sp³-hybridized carbons (Fsp3) is 0.435. The van der Waals surface area contributed by atoms with Crippen LogP contribution in [0.1, 0.15) is 30.7 Å². The summed E-state index contributed by atoms with van der Waals surface area (Å²) in [5.74, 6) is 0.357. The summed E-state index contributed by atoms with van der Waals surface area (Å²) in [5.41, 5.74) is 0.196. The average molecular weight is 423 g/mol. The largest absolute Gasteiger partial charge is 0.497 e. The number of hydrogen-bond acceptors (Lipinski definition) is 6. The van der Waals surface area contributed by atoms with E-state index < -0.39 is 23.5 Å². The number of carbonyl (C=O) groups is 2. The molecule has 2 aromatic rings. The van der Waals surface area contributed by atoms with Gasteiger partial charge in [-0.3, -0.25) is 14.5 Å². The zero-order valence-corrected chi connectivity index (χ0v) is 17.7. The Kier molecular flexibility index (Phi) is 4.62. The molecular formula is C23H25N3O5. The van der Waals surface area contributed by atoms with Gasteiger partial charge in [-0.05, 0) is 31.0 Å². The molecule has 3 aliphatic heterocycles. The van der Waals surface area contributed by atoms with Crippen molar-refractivity contribution in [3.63, 3.8) is 0 Å². The highest BCUT2D eigenvalue weighted by Gasteiger charge is 2.67. The smallest absolute Gasteiger partial charge is 0.235 e. The molecular weight excluding hydrogens is 398 g/mol. The molecule has 162 valence electrons. The molecule has 3 aliphatic rings. The average Bonchev–Trinajstić information content (AvgIpc) is 3.53. The van der Waals surface area contributed by atoms with E-state index in [9.17, 15) is 9.59 Å². The number of nitrogens with zero attached hydrogens (tertiary/aromatic N) is 2. The fourth-order valence-corrected chi connectivity index (χ4v) is 5.00. The van der Waals surface area contributed by atoms with Crippen molar-refractivity contribution in [2.75, 3.05) is 18.6 Å². The highest BCUT2D eigenvalue weighted by Crippen LogP contribution is 2.52. The zero-order valence-electron chi connectivity index (χ0n) is 17.7. The Bertz CT molecular complexity index is 1050. The van der Waals surface area contributed by atoms with Crippen molar-refractivity contribution in [1.82, 2.24) is 10.5 Å². The van der Waals surface area contributed by atoms with Crippen molar-refractivity contribution in [3.8, 4) is 5.75 Å². The third-order valence-corrected chi connectivity index (χ3v) is 6.54. The highest BCUT2D eigenvalue weighted by molar-refractivity contribution is 6.02. The summed E-state index contributed by atoms with van der Waals surface area (Å²) in [7, 11) is 1.62. The lowest BCUT2D eigenvalue weighted by Gasteiger charge is -2.26. The van der Waals surface area contributed by atoms with Crippen molar-refractivity contribution < 1.29 is 23.6 Å². The summed E-state index contributed by atoms with van der Waals surface area (Å²) in [6, 6.07) is 9.20. The van der Waals surface area contributed by atoms with Crippen LogP contribution >= 0.6 is 0 Å². The first kappa shape index (κ1) is 19.8. The number of ether oxygens (including phenoxy) is 2. The molecule has 4 heterocycles. The second-order valence-electron chi connectivity index (χ2n) is 8.36. The standard InChI is InChI=1S/C23H25N3O5/c1-4-16(14-5-7-15(29-3)8-6-14)24-21(27)19-17-9-10-23(30-17)12-26(22(28)20(19)23)18-11-13(2)31-25-18/h5-11,16-17,19-20H,4,12H2,1-3H3,(H,24,27)/t16-,17+,19-,20+,23-/m0/s1. The Balaban J connectivity index is 1.38. The van der Waals surface area contributed by atoms with Crippen LogP contribution in [-0.2, 0) is 14.3 Å². The van der Waals surface area contributed by atoms with E-state index in [4.69, 9.17) is 14.0 Å². The molecule has 0 saturated carbocycles. The van der Waals surface area contributed by atoms with E-state index in [0.29, 0.717) is 18.1 Å². The number of rotatable bonds is 6. The molecule has 31 heavy (non-hydrogen) atoms. The van der Waals surface area contributed by atoms with Crippen LogP contribution in [0, 0.1) is 18.8 Å². The van der Waals surface area contributed by atoms with Gasteiger partial charge in [0.1, 0.15) is 17.1 Å². The van der Waals surface area contributed by atoms with Gasteiger partial charge in [0.15, 0.2) is 5.82 Å². The van der Waals surface area contributed by atoms with Crippen LogP contribution in [-0.4, -0.2) is 42.3 Å². The maximum atomic E-state index is 13.4. The molecule has 1 aromatic heterocycles. The Morgan fingerprint density at radius 2 is 2.16 bits per heavy atom. The molecule has 8 heteroatoms. The molecule has 2 fully saturated rings. The Labute approximate surface area is 180 Å². The Hall–Kier alpha value is -3.13. The minimum absolute atomic E-state index is 0.155. The predicted molar refractivity (Wildman–Crippen MR) is 111 cm³/mol. The summed E-state index contributed by atoms with van der Waals surface area (Å²) in [4.78, 5) is 28.3. The molecule has 0 aliphatic carbocycles. The van der Waals surface area contributed by atoms with Gasteiger partial charge >= 0.3 is 0 Å². The van der Waals surface area contributed by atoms with E-state index in [1.54, 1.807) is 25.0 Å². The SMILES string of the molecule is CC[C@H](NC(=O)[C@H]1[C@H]2C=C[C@@]3(CN(c4cc(C)on4)C(=O)[C@@H]13)O2)c1ccc(OC)cc1. The van der Waals surface area contributed by atoms with Gasteiger partial charge in [-0.1, -0.05) is 36.4 Å². The first-order chi connectivity index (χ1) is 15.0.